The van der Waals surface area contributed by atoms with E-state index in [1.807, 2.05) is 13.8 Å². The average Bonchev–Trinajstić information content (AvgIpc) is 3.63. The van der Waals surface area contributed by atoms with Crippen LogP contribution in [-0.4, -0.2) is 97.2 Å². The first-order valence-corrected chi connectivity index (χ1v) is 19.9. The first-order valence-electron chi connectivity index (χ1n) is 18.5. The van der Waals surface area contributed by atoms with Crippen molar-refractivity contribution in [1.82, 2.24) is 3.97 Å². The summed E-state index contributed by atoms with van der Waals surface area (Å²) in [4.78, 5) is 39.9. The van der Waals surface area contributed by atoms with Crippen molar-refractivity contribution in [2.45, 2.75) is 59.0 Å². The van der Waals surface area contributed by atoms with Gasteiger partial charge in [-0.25, -0.2) is 4.57 Å². The van der Waals surface area contributed by atoms with Crippen molar-refractivity contribution in [3.63, 3.8) is 0 Å². The lowest BCUT2D eigenvalue weighted by Gasteiger charge is -2.43. The third kappa shape index (κ3) is 14.1. The molecular formula is C38H51N6O12S+. The number of ketones is 1. The minimum Gasteiger partial charge on any atom is -0.463 e. The summed E-state index contributed by atoms with van der Waals surface area (Å²) in [7, 11) is -2.00. The van der Waals surface area contributed by atoms with Crippen LogP contribution in [0.15, 0.2) is 76.7 Å². The lowest BCUT2D eigenvalue weighted by Crippen LogP contribution is -2.54. The number of azide groups is 1. The van der Waals surface area contributed by atoms with Crippen LogP contribution in [0.5, 0.6) is 11.5 Å². The topological polar surface area (TPSA) is 212 Å². The molecule has 2 unspecified atom stereocenters. The number of ether oxygens (including phenoxy) is 7. The SMILES string of the molecule is CC(=O)OC[C@H]1OC(Oc2ccc(C(=O)CCCOCCOCCOCCN=[N+]=[N-])cc2OS(=O)(=Nc2ccccc2)n2cc[n+](C)c2)[C@H](C)[C@@H](C)[C@H]1OC(C)=O. The maximum Gasteiger partial charge on any atom is 0.387 e. The fraction of sp³-hybridized carbons (Fsp3) is 0.526. The zero-order valence-corrected chi connectivity index (χ0v) is 33.6. The molecule has 19 heteroatoms. The van der Waals surface area contributed by atoms with Gasteiger partial charge in [-0.05, 0) is 42.3 Å². The summed E-state index contributed by atoms with van der Waals surface area (Å²) in [5.74, 6) is -1.88. The highest BCUT2D eigenvalue weighted by atomic mass is 32.2. The molecule has 1 fully saturated rings. The maximum atomic E-state index is 14.8. The van der Waals surface area contributed by atoms with Crippen molar-refractivity contribution in [3.05, 3.63) is 83.3 Å². The van der Waals surface area contributed by atoms with Gasteiger partial charge in [0.2, 0.25) is 6.29 Å². The van der Waals surface area contributed by atoms with Crippen LogP contribution in [0.25, 0.3) is 10.4 Å². The van der Waals surface area contributed by atoms with Crippen LogP contribution in [0.2, 0.25) is 0 Å². The molecule has 0 radical (unpaired) electrons. The van der Waals surface area contributed by atoms with E-state index in [-0.39, 0.29) is 54.3 Å². The molecule has 1 aliphatic rings. The summed E-state index contributed by atoms with van der Waals surface area (Å²) in [6.07, 6.45) is 2.80. The Balaban J connectivity index is 1.54. The zero-order valence-electron chi connectivity index (χ0n) is 32.8. The normalized spacial score (nSPS) is 20.1. The number of aromatic nitrogens is 2. The number of rotatable bonds is 23. The van der Waals surface area contributed by atoms with Gasteiger partial charge in [0.15, 0.2) is 17.3 Å². The van der Waals surface area contributed by atoms with Gasteiger partial charge < -0.3 is 37.3 Å². The Bertz CT molecular complexity index is 1950. The van der Waals surface area contributed by atoms with Crippen LogP contribution < -0.4 is 13.5 Å². The Morgan fingerprint density at radius 3 is 2.28 bits per heavy atom. The highest BCUT2D eigenvalue weighted by Crippen LogP contribution is 2.38. The molecule has 2 aromatic carbocycles. The molecule has 310 valence electrons. The standard InChI is InChI=1S/C38H51N6O12S/c1-27-28(2)38(55-36(25-52-29(3)45)37(27)53-30(4)46)54-34-14-13-31(33(47)12-9-18-49-20-22-51-23-21-50-19-15-40-42-39)24-35(34)56-57(48,44-17-16-43(5)26-44)41-32-10-7-6-8-11-32/h6-8,10-11,13-14,16-17,24,26-28,36-38H,9,12,15,18-23,25H2,1-5H3/q+1/t27-,28-,36-,37-,38?,57?/m1/s1. The van der Waals surface area contributed by atoms with Gasteiger partial charge in [-0.1, -0.05) is 37.2 Å². The van der Waals surface area contributed by atoms with Crippen LogP contribution in [-0.2, 0) is 55.3 Å². The van der Waals surface area contributed by atoms with Crippen molar-refractivity contribution < 1.29 is 60.5 Å². The van der Waals surface area contributed by atoms with Gasteiger partial charge in [0.05, 0.1) is 45.8 Å². The second-order valence-electron chi connectivity index (χ2n) is 13.1. The van der Waals surface area contributed by atoms with Crippen LogP contribution in [0.3, 0.4) is 0 Å². The Labute approximate surface area is 332 Å². The predicted molar refractivity (Wildman–Crippen MR) is 205 cm³/mol. The number of carbonyl (C=O) groups excluding carboxylic acids is 3. The molecule has 3 aromatic rings. The molecule has 0 saturated carbocycles. The number of hydrogen-bond acceptors (Lipinski definition) is 14. The van der Waals surface area contributed by atoms with Gasteiger partial charge in [0.1, 0.15) is 31.2 Å². The van der Waals surface area contributed by atoms with Gasteiger partial charge in [-0.2, -0.15) is 4.21 Å². The van der Waals surface area contributed by atoms with Gasteiger partial charge in [0.25, 0.3) is 6.33 Å². The van der Waals surface area contributed by atoms with Crippen molar-refractivity contribution in [1.29, 1.82) is 0 Å². The number of esters is 2. The number of aryl methyl sites for hydroxylation is 1. The van der Waals surface area contributed by atoms with E-state index in [1.165, 1.54) is 30.0 Å². The van der Waals surface area contributed by atoms with Gasteiger partial charge in [-0.3, -0.25) is 14.4 Å². The molecule has 2 heterocycles. The molecular weight excluding hydrogens is 765 g/mol. The van der Waals surface area contributed by atoms with E-state index in [1.54, 1.807) is 66.7 Å². The van der Waals surface area contributed by atoms with Crippen LogP contribution >= 0.6 is 0 Å². The summed E-state index contributed by atoms with van der Waals surface area (Å²) < 4.78 is 68.5. The van der Waals surface area contributed by atoms with Crippen LogP contribution in [0.1, 0.15) is 50.9 Å². The van der Waals surface area contributed by atoms with E-state index >= 15 is 0 Å². The molecule has 6 atom stereocenters. The predicted octanol–water partition coefficient (Wildman–Crippen LogP) is 5.06. The van der Waals surface area contributed by atoms with Gasteiger partial charge >= 0.3 is 22.1 Å². The summed E-state index contributed by atoms with van der Waals surface area (Å²) >= 11 is 0. The Morgan fingerprint density at radius 1 is 0.930 bits per heavy atom. The smallest absolute Gasteiger partial charge is 0.387 e. The molecule has 0 bridgehead atoms. The van der Waals surface area contributed by atoms with Crippen molar-refractivity contribution in [3.8, 4) is 11.5 Å². The first kappa shape index (κ1) is 44.7. The summed E-state index contributed by atoms with van der Waals surface area (Å²) in [6, 6.07) is 13.3. The maximum absolute atomic E-state index is 14.8. The molecule has 0 amide bonds. The van der Waals surface area contributed by atoms with E-state index in [9.17, 15) is 18.6 Å². The van der Waals surface area contributed by atoms with Crippen molar-refractivity contribution in [2.75, 3.05) is 52.8 Å². The van der Waals surface area contributed by atoms with E-state index < -0.39 is 40.6 Å². The van der Waals surface area contributed by atoms with Crippen molar-refractivity contribution >= 4 is 33.6 Å². The van der Waals surface area contributed by atoms with E-state index in [2.05, 4.69) is 14.4 Å². The first-order chi connectivity index (χ1) is 27.4. The molecule has 0 spiro atoms. The Kier molecular flexibility index (Phi) is 17.7. The number of Topliss-reactive ketones (excluding diaryl/α,β-unsaturated/α-hetero) is 1. The molecule has 1 saturated heterocycles. The zero-order chi connectivity index (χ0) is 41.2. The Hall–Kier alpha value is -5.04. The van der Waals surface area contributed by atoms with Gasteiger partial charge in [-0.15, -0.1) is 8.34 Å². The van der Waals surface area contributed by atoms with Crippen molar-refractivity contribution in [2.24, 2.45) is 28.4 Å². The highest BCUT2D eigenvalue weighted by molar-refractivity contribution is 7.88. The van der Waals surface area contributed by atoms with E-state index in [0.29, 0.717) is 51.7 Å². The summed E-state index contributed by atoms with van der Waals surface area (Å²) in [6.45, 7) is 8.40. The number of carbonyl (C=O) groups is 3. The number of imidazole rings is 1. The average molecular weight is 816 g/mol. The largest absolute Gasteiger partial charge is 0.463 e. The lowest BCUT2D eigenvalue weighted by molar-refractivity contribution is -0.670. The molecule has 0 aliphatic carbocycles. The molecule has 0 N–H and O–H groups in total. The second kappa shape index (κ2) is 22.6. The quantitative estimate of drug-likeness (QED) is 0.0234. The number of nitrogens with zero attached hydrogens (tertiary/aromatic N) is 6. The molecule has 4 rings (SSSR count). The summed E-state index contributed by atoms with van der Waals surface area (Å²) in [5, 5.41) is 3.39. The monoisotopic (exact) mass is 815 g/mol. The molecule has 18 nitrogen and oxygen atoms in total. The van der Waals surface area contributed by atoms with E-state index in [4.69, 9.17) is 42.9 Å². The minimum absolute atomic E-state index is 0.0425. The lowest BCUT2D eigenvalue weighted by atomic mass is 9.84. The fourth-order valence-corrected chi connectivity index (χ4v) is 7.10. The second-order valence-corrected chi connectivity index (χ2v) is 14.8. The Morgan fingerprint density at radius 2 is 1.63 bits per heavy atom. The van der Waals surface area contributed by atoms with E-state index in [0.717, 1.165) is 0 Å². The molecule has 1 aliphatic heterocycles. The molecule has 57 heavy (non-hydrogen) atoms. The number of benzene rings is 2. The highest BCUT2D eigenvalue weighted by Gasteiger charge is 2.45. The third-order valence-electron chi connectivity index (χ3n) is 8.74. The summed E-state index contributed by atoms with van der Waals surface area (Å²) in [5.41, 5.74) is 8.93. The molecule has 1 aromatic heterocycles. The third-order valence-corrected chi connectivity index (χ3v) is 10.3. The minimum atomic E-state index is -3.76. The number of hydrogen-bond donors (Lipinski definition) is 0. The van der Waals surface area contributed by atoms with Crippen LogP contribution in [0.4, 0.5) is 5.69 Å². The fourth-order valence-electron chi connectivity index (χ4n) is 5.65. The van der Waals surface area contributed by atoms with Gasteiger partial charge in [0, 0.05) is 55.7 Å². The van der Waals surface area contributed by atoms with Crippen LogP contribution in [0, 0.1) is 11.8 Å².